The molecule has 0 aromatic carbocycles. The van der Waals surface area contributed by atoms with Gasteiger partial charge in [0.2, 0.25) is 0 Å². The Labute approximate surface area is 84.2 Å². The fourth-order valence-electron chi connectivity index (χ4n) is 1.09. The third kappa shape index (κ3) is 4.48. The minimum absolute atomic E-state index is 0. The third-order valence-electron chi connectivity index (χ3n) is 1.64. The number of allylic oxidation sites excluding steroid dienone is 2. The van der Waals surface area contributed by atoms with Crippen LogP contribution in [-0.2, 0) is 4.57 Å². The van der Waals surface area contributed by atoms with Gasteiger partial charge in [-0.05, 0) is 25.7 Å². The molecule has 0 amide bonds. The van der Waals surface area contributed by atoms with E-state index in [1.54, 1.807) is 6.08 Å². The fourth-order valence-corrected chi connectivity index (χ4v) is 1.90. The Kier molecular flexibility index (Phi) is 7.49. The summed E-state index contributed by atoms with van der Waals surface area (Å²) in [6, 6.07) is 0. The molecule has 0 saturated carbocycles. The van der Waals surface area contributed by atoms with Crippen molar-refractivity contribution in [1.82, 2.24) is 0 Å². The summed E-state index contributed by atoms with van der Waals surface area (Å²) in [7, 11) is -3.88. The van der Waals surface area contributed by atoms with E-state index in [4.69, 9.17) is 9.79 Å². The summed E-state index contributed by atoms with van der Waals surface area (Å²) >= 11 is 0. The van der Waals surface area contributed by atoms with Gasteiger partial charge in [-0.3, -0.25) is 4.57 Å². The zero-order chi connectivity index (χ0) is 7.61. The molecule has 0 radical (unpaired) electrons. The van der Waals surface area contributed by atoms with Gasteiger partial charge in [0.15, 0.2) is 0 Å². The Hall–Kier alpha value is 0.470. The quantitative estimate of drug-likeness (QED) is 0.686. The van der Waals surface area contributed by atoms with E-state index >= 15 is 0 Å². The lowest BCUT2D eigenvalue weighted by Crippen LogP contribution is -1.92. The minimum atomic E-state index is -3.88. The lowest BCUT2D eigenvalue weighted by Gasteiger charge is -2.12. The molecule has 0 atom stereocenters. The second-order valence-corrected chi connectivity index (χ2v) is 4.15. The van der Waals surface area contributed by atoms with E-state index in [9.17, 15) is 4.57 Å². The van der Waals surface area contributed by atoms with Crippen molar-refractivity contribution in [3.8, 4) is 0 Å². The zero-order valence-corrected chi connectivity index (χ0v) is 9.00. The average molecular weight is 235 g/mol. The van der Waals surface area contributed by atoms with Crippen molar-refractivity contribution in [3.63, 3.8) is 0 Å². The van der Waals surface area contributed by atoms with Crippen LogP contribution in [0.3, 0.4) is 0 Å². The lowest BCUT2D eigenvalue weighted by atomic mass is 10.1. The fraction of sp³-hybridized carbons (Fsp3) is 0.667. The molecular formula is C6H13Cl2O3P. The third-order valence-corrected chi connectivity index (χ3v) is 2.80. The van der Waals surface area contributed by atoms with E-state index in [0.29, 0.717) is 11.7 Å². The molecule has 0 unspecified atom stereocenters. The Bertz CT molecular complexity index is 199. The minimum Gasteiger partial charge on any atom is -0.321 e. The summed E-state index contributed by atoms with van der Waals surface area (Å²) in [5, 5.41) is 0.332. The molecule has 0 spiro atoms. The first kappa shape index (κ1) is 15.0. The standard InChI is InChI=1S/C6H11O3P.2ClH/c7-10(8,9)6-4-2-1-3-5-6;;/h4H,1-3,5H2,(H2,7,8,9);2*1H. The number of rotatable bonds is 1. The van der Waals surface area contributed by atoms with Crippen LogP contribution in [0.2, 0.25) is 0 Å². The molecule has 2 N–H and O–H groups in total. The smallest absolute Gasteiger partial charge is 0.321 e. The van der Waals surface area contributed by atoms with Crippen molar-refractivity contribution in [2.24, 2.45) is 0 Å². The molecule has 0 saturated heterocycles. The monoisotopic (exact) mass is 234 g/mol. The van der Waals surface area contributed by atoms with E-state index in [2.05, 4.69) is 0 Å². The highest BCUT2D eigenvalue weighted by molar-refractivity contribution is 7.56. The molecule has 0 aliphatic heterocycles. The van der Waals surface area contributed by atoms with Crippen molar-refractivity contribution < 1.29 is 14.4 Å². The molecule has 0 heterocycles. The number of hydrogen-bond donors (Lipinski definition) is 2. The highest BCUT2D eigenvalue weighted by Crippen LogP contribution is 2.48. The molecule has 1 rings (SSSR count). The molecule has 1 aliphatic rings. The topological polar surface area (TPSA) is 57.5 Å². The summed E-state index contributed by atoms with van der Waals surface area (Å²) in [4.78, 5) is 17.4. The van der Waals surface area contributed by atoms with Gasteiger partial charge < -0.3 is 9.79 Å². The van der Waals surface area contributed by atoms with Crippen LogP contribution < -0.4 is 0 Å². The maximum atomic E-state index is 10.6. The van der Waals surface area contributed by atoms with Crippen LogP contribution >= 0.6 is 32.4 Å². The van der Waals surface area contributed by atoms with Crippen LogP contribution in [0.1, 0.15) is 25.7 Å². The zero-order valence-electron chi connectivity index (χ0n) is 6.47. The van der Waals surface area contributed by atoms with Crippen LogP contribution in [0.5, 0.6) is 0 Å². The summed E-state index contributed by atoms with van der Waals surface area (Å²) in [6.45, 7) is 0. The van der Waals surface area contributed by atoms with E-state index in [1.807, 2.05) is 0 Å². The van der Waals surface area contributed by atoms with Crippen LogP contribution in [-0.4, -0.2) is 9.79 Å². The highest BCUT2D eigenvalue weighted by Gasteiger charge is 2.21. The maximum absolute atomic E-state index is 10.6. The highest BCUT2D eigenvalue weighted by atomic mass is 35.5. The van der Waals surface area contributed by atoms with Gasteiger partial charge in [0.25, 0.3) is 0 Å². The van der Waals surface area contributed by atoms with E-state index in [-0.39, 0.29) is 24.8 Å². The van der Waals surface area contributed by atoms with Crippen molar-refractivity contribution in [1.29, 1.82) is 0 Å². The average Bonchev–Trinajstić information content (AvgIpc) is 1.88. The summed E-state index contributed by atoms with van der Waals surface area (Å²) in [5.41, 5.74) is 0. The normalized spacial score (nSPS) is 17.0. The predicted octanol–water partition coefficient (Wildman–Crippen LogP) is 2.47. The first-order valence-electron chi connectivity index (χ1n) is 3.36. The van der Waals surface area contributed by atoms with Crippen LogP contribution in [0.15, 0.2) is 11.4 Å². The SMILES string of the molecule is Cl.Cl.O=P(O)(O)C1=CCCCC1. The van der Waals surface area contributed by atoms with Crippen LogP contribution in [0.25, 0.3) is 0 Å². The molecule has 3 nitrogen and oxygen atoms in total. The Balaban J connectivity index is 0. The van der Waals surface area contributed by atoms with Crippen molar-refractivity contribution in [3.05, 3.63) is 11.4 Å². The van der Waals surface area contributed by atoms with Gasteiger partial charge in [0.05, 0.1) is 0 Å². The van der Waals surface area contributed by atoms with E-state index in [0.717, 1.165) is 19.3 Å². The van der Waals surface area contributed by atoms with Gasteiger partial charge in [-0.2, -0.15) is 0 Å². The largest absolute Gasteiger partial charge is 0.351 e. The van der Waals surface area contributed by atoms with E-state index in [1.165, 1.54) is 0 Å². The molecule has 0 aromatic rings. The molecular weight excluding hydrogens is 222 g/mol. The lowest BCUT2D eigenvalue weighted by molar-refractivity contribution is 0.378. The predicted molar refractivity (Wildman–Crippen MR) is 53.1 cm³/mol. The van der Waals surface area contributed by atoms with Crippen molar-refractivity contribution in [2.45, 2.75) is 25.7 Å². The van der Waals surface area contributed by atoms with Gasteiger partial charge in [0.1, 0.15) is 0 Å². The molecule has 0 bridgehead atoms. The number of halogens is 2. The summed E-state index contributed by atoms with van der Waals surface area (Å²) < 4.78 is 10.6. The van der Waals surface area contributed by atoms with Crippen molar-refractivity contribution in [2.75, 3.05) is 0 Å². The van der Waals surface area contributed by atoms with E-state index < -0.39 is 7.60 Å². The summed E-state index contributed by atoms with van der Waals surface area (Å²) in [5.74, 6) is 0. The van der Waals surface area contributed by atoms with Crippen molar-refractivity contribution >= 4 is 32.4 Å². The van der Waals surface area contributed by atoms with Gasteiger partial charge in [-0.25, -0.2) is 0 Å². The first-order chi connectivity index (χ1) is 4.61. The van der Waals surface area contributed by atoms with Gasteiger partial charge in [-0.1, -0.05) is 6.08 Å². The summed E-state index contributed by atoms with van der Waals surface area (Å²) in [6.07, 6.45) is 5.04. The molecule has 0 aromatic heterocycles. The van der Waals surface area contributed by atoms with Gasteiger partial charge >= 0.3 is 7.60 Å². The molecule has 1 aliphatic carbocycles. The van der Waals surface area contributed by atoms with Crippen LogP contribution in [0, 0.1) is 0 Å². The molecule has 0 fully saturated rings. The molecule has 74 valence electrons. The second kappa shape index (κ2) is 6.01. The van der Waals surface area contributed by atoms with Gasteiger partial charge in [-0.15, -0.1) is 24.8 Å². The van der Waals surface area contributed by atoms with Gasteiger partial charge in [0, 0.05) is 5.31 Å². The van der Waals surface area contributed by atoms with Crippen LogP contribution in [0.4, 0.5) is 0 Å². The molecule has 12 heavy (non-hydrogen) atoms. The Morgan fingerprint density at radius 3 is 2.08 bits per heavy atom. The Morgan fingerprint density at radius 1 is 1.25 bits per heavy atom. The molecule has 6 heteroatoms. The Morgan fingerprint density at radius 2 is 1.83 bits per heavy atom. The first-order valence-corrected chi connectivity index (χ1v) is 4.97. The maximum Gasteiger partial charge on any atom is 0.351 e. The second-order valence-electron chi connectivity index (χ2n) is 2.49. The number of hydrogen-bond acceptors (Lipinski definition) is 1.